The number of amides is 2. The Bertz CT molecular complexity index is 1280. The molecule has 34 heavy (non-hydrogen) atoms. The summed E-state index contributed by atoms with van der Waals surface area (Å²) < 4.78 is 23.6. The van der Waals surface area contributed by atoms with Crippen LogP contribution in [0.15, 0.2) is 75.9 Å². The van der Waals surface area contributed by atoms with Crippen LogP contribution in [0.5, 0.6) is 0 Å². The first-order valence-corrected chi connectivity index (χ1v) is 10.9. The van der Waals surface area contributed by atoms with Crippen LogP contribution in [0.2, 0.25) is 0 Å². The van der Waals surface area contributed by atoms with Crippen molar-refractivity contribution in [3.05, 3.63) is 90.0 Å². The topological polar surface area (TPSA) is 101 Å². The number of hydrogen-bond donors (Lipinski definition) is 1. The van der Waals surface area contributed by atoms with Gasteiger partial charge < -0.3 is 19.2 Å². The van der Waals surface area contributed by atoms with Crippen molar-refractivity contribution < 1.29 is 22.9 Å². The van der Waals surface area contributed by atoms with Crippen molar-refractivity contribution in [2.24, 2.45) is 0 Å². The van der Waals surface area contributed by atoms with Gasteiger partial charge in [-0.25, -0.2) is 4.39 Å². The third-order valence-electron chi connectivity index (χ3n) is 5.81. The maximum Gasteiger partial charge on any atom is 0.291 e. The maximum atomic E-state index is 13.1. The number of carbonyl (C=O) groups is 2. The number of carbonyl (C=O) groups excluding carboxylic acids is 2. The van der Waals surface area contributed by atoms with E-state index in [1.165, 1.54) is 18.4 Å². The molecule has 1 fully saturated rings. The lowest BCUT2D eigenvalue weighted by Crippen LogP contribution is -2.38. The molecule has 0 saturated carbocycles. The zero-order valence-corrected chi connectivity index (χ0v) is 18.1. The van der Waals surface area contributed by atoms with E-state index in [1.807, 2.05) is 0 Å². The molecule has 0 bridgehead atoms. The molecule has 9 heteroatoms. The summed E-state index contributed by atoms with van der Waals surface area (Å²) in [6.07, 6.45) is 2.84. The number of rotatable bonds is 5. The van der Waals surface area contributed by atoms with Gasteiger partial charge in [0.25, 0.3) is 11.8 Å². The summed E-state index contributed by atoms with van der Waals surface area (Å²) >= 11 is 0. The molecule has 1 aliphatic heterocycles. The molecule has 2 aromatic carbocycles. The second kappa shape index (κ2) is 9.30. The lowest BCUT2D eigenvalue weighted by atomic mass is 9.96. The van der Waals surface area contributed by atoms with E-state index in [-0.39, 0.29) is 29.3 Å². The van der Waals surface area contributed by atoms with Crippen molar-refractivity contribution in [2.75, 3.05) is 18.4 Å². The number of nitrogens with one attached hydrogen (secondary N) is 1. The number of nitrogens with zero attached hydrogens (tertiary/aromatic N) is 3. The predicted octanol–water partition coefficient (Wildman–Crippen LogP) is 4.74. The summed E-state index contributed by atoms with van der Waals surface area (Å²) in [5.74, 6) is 0.488. The Hall–Kier alpha value is -4.27. The molecule has 0 spiro atoms. The van der Waals surface area contributed by atoms with Gasteiger partial charge >= 0.3 is 0 Å². The number of likely N-dealkylation sites (tertiary alicyclic amines) is 1. The molecule has 1 aliphatic rings. The monoisotopic (exact) mass is 460 g/mol. The number of hydrogen-bond acceptors (Lipinski definition) is 6. The summed E-state index contributed by atoms with van der Waals surface area (Å²) in [6.45, 7) is 1.13. The lowest BCUT2D eigenvalue weighted by molar-refractivity contribution is 0.0704. The SMILES string of the molecule is O=C(Nc1ccc(C(=O)N2CCC(c3nc(-c4ccc(F)cc4)no3)CC2)cc1)c1ccco1. The fraction of sp³-hybridized carbons (Fsp3) is 0.200. The summed E-state index contributed by atoms with van der Waals surface area (Å²) in [7, 11) is 0. The smallest absolute Gasteiger partial charge is 0.291 e. The number of anilines is 1. The first kappa shape index (κ1) is 21.6. The van der Waals surface area contributed by atoms with E-state index in [4.69, 9.17) is 8.94 Å². The molecular weight excluding hydrogens is 439 g/mol. The van der Waals surface area contributed by atoms with Gasteiger partial charge in [0.2, 0.25) is 11.7 Å². The van der Waals surface area contributed by atoms with E-state index < -0.39 is 0 Å². The highest BCUT2D eigenvalue weighted by Gasteiger charge is 2.28. The normalized spacial score (nSPS) is 14.2. The molecule has 5 rings (SSSR count). The minimum Gasteiger partial charge on any atom is -0.459 e. The van der Waals surface area contributed by atoms with Gasteiger partial charge in [-0.1, -0.05) is 5.16 Å². The molecule has 0 aliphatic carbocycles. The first-order chi connectivity index (χ1) is 16.6. The van der Waals surface area contributed by atoms with Crippen LogP contribution in [0.1, 0.15) is 45.6 Å². The van der Waals surface area contributed by atoms with Crippen LogP contribution in [-0.2, 0) is 0 Å². The molecular formula is C25H21FN4O4. The van der Waals surface area contributed by atoms with E-state index in [0.717, 1.165) is 0 Å². The minimum absolute atomic E-state index is 0.0601. The second-order valence-electron chi connectivity index (χ2n) is 8.04. The van der Waals surface area contributed by atoms with Crippen molar-refractivity contribution in [3.8, 4) is 11.4 Å². The quantitative estimate of drug-likeness (QED) is 0.462. The summed E-state index contributed by atoms with van der Waals surface area (Å²) in [5.41, 5.74) is 1.81. The van der Waals surface area contributed by atoms with Crippen LogP contribution < -0.4 is 5.32 Å². The van der Waals surface area contributed by atoms with Gasteiger partial charge in [0.1, 0.15) is 5.82 Å². The Kier molecular flexibility index (Phi) is 5.90. The van der Waals surface area contributed by atoms with Crippen molar-refractivity contribution in [1.29, 1.82) is 0 Å². The molecule has 1 N–H and O–H groups in total. The van der Waals surface area contributed by atoms with Gasteiger partial charge in [-0.05, 0) is 73.5 Å². The first-order valence-electron chi connectivity index (χ1n) is 10.9. The highest BCUT2D eigenvalue weighted by atomic mass is 19.1. The van der Waals surface area contributed by atoms with E-state index in [9.17, 15) is 14.0 Å². The van der Waals surface area contributed by atoms with Crippen LogP contribution >= 0.6 is 0 Å². The molecule has 172 valence electrons. The van der Waals surface area contributed by atoms with E-state index in [2.05, 4.69) is 15.5 Å². The van der Waals surface area contributed by atoms with E-state index in [1.54, 1.807) is 53.4 Å². The molecule has 4 aromatic rings. The van der Waals surface area contributed by atoms with Crippen LogP contribution in [0.4, 0.5) is 10.1 Å². The maximum absolute atomic E-state index is 13.1. The second-order valence-corrected chi connectivity index (χ2v) is 8.04. The molecule has 0 atom stereocenters. The molecule has 2 amide bonds. The predicted molar refractivity (Wildman–Crippen MR) is 121 cm³/mol. The van der Waals surface area contributed by atoms with Gasteiger partial charge in [-0.2, -0.15) is 4.98 Å². The number of piperidine rings is 1. The average molecular weight is 460 g/mol. The summed E-state index contributed by atoms with van der Waals surface area (Å²) in [6, 6.07) is 15.9. The van der Waals surface area contributed by atoms with E-state index in [0.29, 0.717) is 54.5 Å². The Morgan fingerprint density at radius 2 is 1.74 bits per heavy atom. The Morgan fingerprint density at radius 3 is 2.41 bits per heavy atom. The third kappa shape index (κ3) is 4.59. The van der Waals surface area contributed by atoms with Crippen LogP contribution in [-0.4, -0.2) is 39.9 Å². The molecule has 0 radical (unpaired) electrons. The number of furan rings is 1. The highest BCUT2D eigenvalue weighted by Crippen LogP contribution is 2.29. The molecule has 1 saturated heterocycles. The highest BCUT2D eigenvalue weighted by molar-refractivity contribution is 6.02. The van der Waals surface area contributed by atoms with Crippen molar-refractivity contribution in [1.82, 2.24) is 15.0 Å². The number of benzene rings is 2. The van der Waals surface area contributed by atoms with Crippen LogP contribution in [0, 0.1) is 5.82 Å². The minimum atomic E-state index is -0.352. The van der Waals surface area contributed by atoms with Gasteiger partial charge in [0, 0.05) is 35.8 Å². The van der Waals surface area contributed by atoms with Crippen molar-refractivity contribution >= 4 is 17.5 Å². The van der Waals surface area contributed by atoms with E-state index >= 15 is 0 Å². The van der Waals surface area contributed by atoms with Crippen LogP contribution in [0.25, 0.3) is 11.4 Å². The van der Waals surface area contributed by atoms with Gasteiger partial charge in [0.05, 0.1) is 6.26 Å². The Morgan fingerprint density at radius 1 is 1.00 bits per heavy atom. The largest absolute Gasteiger partial charge is 0.459 e. The zero-order valence-electron chi connectivity index (χ0n) is 18.1. The third-order valence-corrected chi connectivity index (χ3v) is 5.81. The van der Waals surface area contributed by atoms with Crippen LogP contribution in [0.3, 0.4) is 0 Å². The summed E-state index contributed by atoms with van der Waals surface area (Å²) in [5, 5.41) is 6.74. The molecule has 3 heterocycles. The number of halogens is 1. The zero-order chi connectivity index (χ0) is 23.5. The fourth-order valence-corrected chi connectivity index (χ4v) is 3.93. The standard InChI is InChI=1S/C25H21FN4O4/c26-19-7-3-16(4-8-19)22-28-24(34-29-22)17-11-13-30(14-12-17)25(32)18-5-9-20(10-6-18)27-23(31)21-2-1-15-33-21/h1-10,15,17H,11-14H2,(H,27,31). The van der Waals surface area contributed by atoms with Gasteiger partial charge in [-0.15, -0.1) is 0 Å². The van der Waals surface area contributed by atoms with Gasteiger partial charge in [0.15, 0.2) is 5.76 Å². The fourth-order valence-electron chi connectivity index (χ4n) is 3.93. The molecule has 8 nitrogen and oxygen atoms in total. The van der Waals surface area contributed by atoms with Gasteiger partial charge in [-0.3, -0.25) is 9.59 Å². The summed E-state index contributed by atoms with van der Waals surface area (Å²) in [4.78, 5) is 31.3. The molecule has 2 aromatic heterocycles. The lowest BCUT2D eigenvalue weighted by Gasteiger charge is -2.30. The van der Waals surface area contributed by atoms with Crippen molar-refractivity contribution in [2.45, 2.75) is 18.8 Å². The Balaban J connectivity index is 1.17. The average Bonchev–Trinajstić information content (AvgIpc) is 3.58. The molecule has 0 unspecified atom stereocenters. The Labute approximate surface area is 194 Å². The van der Waals surface area contributed by atoms with Crippen molar-refractivity contribution in [3.63, 3.8) is 0 Å². The number of aromatic nitrogens is 2.